The number of nitrogens with one attached hydrogen (secondary N) is 2. The Kier molecular flexibility index (Phi) is 5.95. The summed E-state index contributed by atoms with van der Waals surface area (Å²) in [5, 5.41) is 6.15. The minimum absolute atomic E-state index is 0.0357. The van der Waals surface area contributed by atoms with Crippen molar-refractivity contribution in [2.75, 3.05) is 32.9 Å². The zero-order chi connectivity index (χ0) is 17.7. The molecule has 1 aromatic rings. The third-order valence-electron chi connectivity index (χ3n) is 3.92. The molecule has 1 fully saturated rings. The van der Waals surface area contributed by atoms with Crippen LogP contribution >= 0.6 is 0 Å². The number of sulfone groups is 1. The average molecular weight is 353 g/mol. The molecular formula is C16H23N3O4S. The van der Waals surface area contributed by atoms with Gasteiger partial charge in [0, 0.05) is 32.2 Å². The maximum absolute atomic E-state index is 12.2. The fraction of sp³-hybridized carbons (Fsp3) is 0.500. The van der Waals surface area contributed by atoms with Gasteiger partial charge >= 0.3 is 0 Å². The first-order valence-corrected chi connectivity index (χ1v) is 9.49. The van der Waals surface area contributed by atoms with Crippen molar-refractivity contribution in [1.29, 1.82) is 0 Å². The van der Waals surface area contributed by atoms with Gasteiger partial charge in [-0.15, -0.1) is 0 Å². The van der Waals surface area contributed by atoms with Gasteiger partial charge in [-0.25, -0.2) is 8.42 Å². The molecule has 2 N–H and O–H groups in total. The highest BCUT2D eigenvalue weighted by Gasteiger charge is 2.21. The van der Waals surface area contributed by atoms with Crippen LogP contribution in [0, 0.1) is 0 Å². The van der Waals surface area contributed by atoms with E-state index in [-0.39, 0.29) is 16.8 Å². The largest absolute Gasteiger partial charge is 0.348 e. The van der Waals surface area contributed by atoms with Gasteiger partial charge in [-0.2, -0.15) is 0 Å². The highest BCUT2D eigenvalue weighted by Crippen LogP contribution is 2.13. The van der Waals surface area contributed by atoms with Crippen LogP contribution in [0.5, 0.6) is 0 Å². The van der Waals surface area contributed by atoms with Gasteiger partial charge in [-0.1, -0.05) is 0 Å². The number of carbonyl (C=O) groups is 2. The van der Waals surface area contributed by atoms with E-state index in [0.717, 1.165) is 25.9 Å². The summed E-state index contributed by atoms with van der Waals surface area (Å²) in [6.45, 7) is 1.70. The van der Waals surface area contributed by atoms with Crippen molar-refractivity contribution < 1.29 is 18.0 Å². The number of hydrogen-bond donors (Lipinski definition) is 2. The van der Waals surface area contributed by atoms with Crippen LogP contribution in [-0.2, 0) is 14.6 Å². The summed E-state index contributed by atoms with van der Waals surface area (Å²) in [4.78, 5) is 25.1. The second kappa shape index (κ2) is 7.76. The van der Waals surface area contributed by atoms with Crippen LogP contribution in [-0.4, -0.2) is 64.1 Å². The third kappa shape index (κ3) is 4.78. The lowest BCUT2D eigenvalue weighted by Gasteiger charge is -2.23. The number of rotatable bonds is 5. The van der Waals surface area contributed by atoms with E-state index >= 15 is 0 Å². The molecule has 2 amide bonds. The lowest BCUT2D eigenvalue weighted by molar-refractivity contribution is -0.125. The minimum Gasteiger partial charge on any atom is -0.348 e. The smallest absolute Gasteiger partial charge is 0.251 e. The van der Waals surface area contributed by atoms with Crippen LogP contribution in [0.1, 0.15) is 23.2 Å². The predicted octanol–water partition coefficient (Wildman–Crippen LogP) is 0.0303. The molecule has 0 bridgehead atoms. The van der Waals surface area contributed by atoms with Crippen molar-refractivity contribution >= 4 is 21.7 Å². The van der Waals surface area contributed by atoms with Crippen LogP contribution in [0.3, 0.4) is 0 Å². The van der Waals surface area contributed by atoms with Crippen molar-refractivity contribution in [2.24, 2.45) is 0 Å². The van der Waals surface area contributed by atoms with Crippen molar-refractivity contribution in [3.05, 3.63) is 29.8 Å². The second-order valence-corrected chi connectivity index (χ2v) is 8.08. The lowest BCUT2D eigenvalue weighted by atomic mass is 10.1. The van der Waals surface area contributed by atoms with Crippen molar-refractivity contribution in [3.63, 3.8) is 0 Å². The first kappa shape index (κ1) is 18.4. The molecule has 1 heterocycles. The maximum atomic E-state index is 12.2. The fourth-order valence-electron chi connectivity index (χ4n) is 2.43. The Morgan fingerprint density at radius 1 is 1.25 bits per heavy atom. The molecule has 0 saturated carbocycles. The van der Waals surface area contributed by atoms with Gasteiger partial charge < -0.3 is 15.5 Å². The number of hydrogen-bond acceptors (Lipinski definition) is 5. The number of amides is 2. The molecule has 0 radical (unpaired) electrons. The van der Waals surface area contributed by atoms with E-state index in [1.807, 2.05) is 0 Å². The standard InChI is InChI=1S/C16H23N3O4S/c1-19(2)15(20)11-24(22,23)14-7-5-12(6-8-14)16(21)18-13-4-3-9-17-10-13/h5-8,13,17H,3-4,9-11H2,1-2H3,(H,18,21). The Labute approximate surface area is 142 Å². The molecule has 1 atom stereocenters. The van der Waals surface area contributed by atoms with E-state index in [4.69, 9.17) is 0 Å². The van der Waals surface area contributed by atoms with Gasteiger partial charge in [0.25, 0.3) is 5.91 Å². The number of nitrogens with zero attached hydrogens (tertiary/aromatic N) is 1. The molecule has 24 heavy (non-hydrogen) atoms. The number of benzene rings is 1. The van der Waals surface area contributed by atoms with E-state index in [1.165, 1.54) is 43.3 Å². The summed E-state index contributed by atoms with van der Waals surface area (Å²) in [6.07, 6.45) is 1.94. The highest BCUT2D eigenvalue weighted by molar-refractivity contribution is 7.92. The summed E-state index contributed by atoms with van der Waals surface area (Å²) in [7, 11) is -0.696. The Morgan fingerprint density at radius 3 is 2.46 bits per heavy atom. The molecule has 1 aliphatic rings. The molecule has 1 unspecified atom stereocenters. The van der Waals surface area contributed by atoms with Gasteiger partial charge in [0.05, 0.1) is 4.90 Å². The molecule has 132 valence electrons. The molecule has 7 nitrogen and oxygen atoms in total. The lowest BCUT2D eigenvalue weighted by Crippen LogP contribution is -2.45. The van der Waals surface area contributed by atoms with E-state index in [2.05, 4.69) is 10.6 Å². The maximum Gasteiger partial charge on any atom is 0.251 e. The molecular weight excluding hydrogens is 330 g/mol. The quantitative estimate of drug-likeness (QED) is 0.779. The van der Waals surface area contributed by atoms with Gasteiger partial charge in [-0.05, 0) is 43.7 Å². The monoisotopic (exact) mass is 353 g/mol. The molecule has 1 saturated heterocycles. The third-order valence-corrected chi connectivity index (χ3v) is 5.54. The van der Waals surface area contributed by atoms with Crippen molar-refractivity contribution in [2.45, 2.75) is 23.8 Å². The zero-order valence-electron chi connectivity index (χ0n) is 13.9. The number of carbonyl (C=O) groups excluding carboxylic acids is 2. The summed E-state index contributed by atoms with van der Waals surface area (Å²) in [5.74, 6) is -1.29. The SMILES string of the molecule is CN(C)C(=O)CS(=O)(=O)c1ccc(C(=O)NC2CCCNC2)cc1. The van der Waals surface area contributed by atoms with E-state index < -0.39 is 21.5 Å². The van der Waals surface area contributed by atoms with Gasteiger partial charge in [-0.3, -0.25) is 9.59 Å². The Balaban J connectivity index is 2.04. The molecule has 2 rings (SSSR count). The Bertz CT molecular complexity index is 693. The molecule has 0 aliphatic carbocycles. The zero-order valence-corrected chi connectivity index (χ0v) is 14.7. The van der Waals surface area contributed by atoms with Crippen LogP contribution in [0.4, 0.5) is 0 Å². The molecule has 1 aromatic carbocycles. The second-order valence-electron chi connectivity index (χ2n) is 6.09. The van der Waals surface area contributed by atoms with Crippen LogP contribution < -0.4 is 10.6 Å². The van der Waals surface area contributed by atoms with Crippen molar-refractivity contribution in [1.82, 2.24) is 15.5 Å². The average Bonchev–Trinajstić information content (AvgIpc) is 2.55. The van der Waals surface area contributed by atoms with Crippen LogP contribution in [0.2, 0.25) is 0 Å². The van der Waals surface area contributed by atoms with Crippen LogP contribution in [0.25, 0.3) is 0 Å². The van der Waals surface area contributed by atoms with Gasteiger partial charge in [0.15, 0.2) is 9.84 Å². The fourth-order valence-corrected chi connectivity index (χ4v) is 3.73. The first-order valence-electron chi connectivity index (χ1n) is 7.84. The predicted molar refractivity (Wildman–Crippen MR) is 90.5 cm³/mol. The Hall–Kier alpha value is -1.93. The van der Waals surface area contributed by atoms with Gasteiger partial charge in [0.1, 0.15) is 5.75 Å². The van der Waals surface area contributed by atoms with E-state index in [1.54, 1.807) is 0 Å². The van der Waals surface area contributed by atoms with Crippen molar-refractivity contribution in [3.8, 4) is 0 Å². The Morgan fingerprint density at radius 2 is 1.92 bits per heavy atom. The summed E-state index contributed by atoms with van der Waals surface area (Å²) in [5.41, 5.74) is 0.401. The summed E-state index contributed by atoms with van der Waals surface area (Å²) < 4.78 is 24.4. The number of piperidine rings is 1. The summed E-state index contributed by atoms with van der Waals surface area (Å²) in [6, 6.07) is 5.77. The molecule has 8 heteroatoms. The van der Waals surface area contributed by atoms with Crippen LogP contribution in [0.15, 0.2) is 29.2 Å². The van der Waals surface area contributed by atoms with E-state index in [9.17, 15) is 18.0 Å². The first-order chi connectivity index (χ1) is 11.3. The van der Waals surface area contributed by atoms with E-state index in [0.29, 0.717) is 5.56 Å². The molecule has 1 aliphatic heterocycles. The minimum atomic E-state index is -3.71. The van der Waals surface area contributed by atoms with Gasteiger partial charge in [0.2, 0.25) is 5.91 Å². The highest BCUT2D eigenvalue weighted by atomic mass is 32.2. The molecule has 0 aromatic heterocycles. The molecule has 0 spiro atoms. The normalized spacial score (nSPS) is 18.0. The summed E-state index contributed by atoms with van der Waals surface area (Å²) >= 11 is 0. The topological polar surface area (TPSA) is 95.6 Å².